The maximum atomic E-state index is 12.9. The van der Waals surface area contributed by atoms with E-state index in [0.29, 0.717) is 24.4 Å². The third-order valence-electron chi connectivity index (χ3n) is 5.12. The van der Waals surface area contributed by atoms with E-state index < -0.39 is 0 Å². The number of hydrogen-bond acceptors (Lipinski definition) is 5. The molecule has 0 aliphatic rings. The molecule has 0 aliphatic carbocycles. The zero-order chi connectivity index (χ0) is 21.8. The van der Waals surface area contributed by atoms with Crippen molar-refractivity contribution in [2.75, 3.05) is 13.7 Å². The Balaban J connectivity index is 1.57. The lowest BCUT2D eigenvalue weighted by Crippen LogP contribution is -2.25. The SMILES string of the molecule is CCOc1ccccc1CNC(=O)c1cnc2c(-c3ccc(OC)cc3)cnn2c1C. The Hall–Kier alpha value is -3.87. The van der Waals surface area contributed by atoms with E-state index in [1.807, 2.05) is 62.4 Å². The van der Waals surface area contributed by atoms with Crippen LogP contribution < -0.4 is 14.8 Å². The maximum absolute atomic E-state index is 12.9. The zero-order valence-electron chi connectivity index (χ0n) is 17.8. The van der Waals surface area contributed by atoms with Crippen LogP contribution in [0.4, 0.5) is 0 Å². The van der Waals surface area contributed by atoms with Gasteiger partial charge in [0.25, 0.3) is 5.91 Å². The molecule has 0 saturated heterocycles. The van der Waals surface area contributed by atoms with Gasteiger partial charge in [0, 0.05) is 23.9 Å². The number of hydrogen-bond donors (Lipinski definition) is 1. The van der Waals surface area contributed by atoms with Crippen LogP contribution >= 0.6 is 0 Å². The lowest BCUT2D eigenvalue weighted by atomic mass is 10.1. The number of fused-ring (bicyclic) bond motifs is 1. The van der Waals surface area contributed by atoms with Crippen LogP contribution in [-0.2, 0) is 6.54 Å². The van der Waals surface area contributed by atoms with E-state index in [-0.39, 0.29) is 5.91 Å². The molecule has 0 fully saturated rings. The summed E-state index contributed by atoms with van der Waals surface area (Å²) in [6.07, 6.45) is 3.36. The van der Waals surface area contributed by atoms with Gasteiger partial charge in [0.1, 0.15) is 11.5 Å². The highest BCUT2D eigenvalue weighted by Crippen LogP contribution is 2.26. The number of ether oxygens (including phenoxy) is 2. The van der Waals surface area contributed by atoms with Gasteiger partial charge in [0.05, 0.1) is 31.2 Å². The van der Waals surface area contributed by atoms with E-state index in [0.717, 1.165) is 33.9 Å². The molecule has 0 bridgehead atoms. The van der Waals surface area contributed by atoms with Crippen LogP contribution in [0.1, 0.15) is 28.5 Å². The third-order valence-corrected chi connectivity index (χ3v) is 5.12. The van der Waals surface area contributed by atoms with E-state index in [1.165, 1.54) is 0 Å². The number of methoxy groups -OCH3 is 1. The van der Waals surface area contributed by atoms with Gasteiger partial charge in [-0.25, -0.2) is 9.50 Å². The predicted octanol–water partition coefficient (Wildman–Crippen LogP) is 4.04. The number of benzene rings is 2. The van der Waals surface area contributed by atoms with Crippen molar-refractivity contribution in [3.05, 3.63) is 77.7 Å². The van der Waals surface area contributed by atoms with E-state index in [1.54, 1.807) is 24.0 Å². The van der Waals surface area contributed by atoms with Crippen molar-refractivity contribution in [2.24, 2.45) is 0 Å². The quantitative estimate of drug-likeness (QED) is 0.492. The number of amides is 1. The van der Waals surface area contributed by atoms with Crippen molar-refractivity contribution in [2.45, 2.75) is 20.4 Å². The molecule has 4 rings (SSSR count). The fourth-order valence-electron chi connectivity index (χ4n) is 3.46. The number of aryl methyl sites for hydroxylation is 1. The van der Waals surface area contributed by atoms with Gasteiger partial charge >= 0.3 is 0 Å². The molecule has 1 amide bonds. The zero-order valence-corrected chi connectivity index (χ0v) is 17.8. The Bertz CT molecular complexity index is 1220. The fourth-order valence-corrected chi connectivity index (χ4v) is 3.46. The molecule has 0 aliphatic heterocycles. The van der Waals surface area contributed by atoms with Crippen LogP contribution in [0.25, 0.3) is 16.8 Å². The van der Waals surface area contributed by atoms with Crippen molar-refractivity contribution in [3.8, 4) is 22.6 Å². The Kier molecular flexibility index (Phi) is 5.84. The minimum atomic E-state index is -0.209. The van der Waals surface area contributed by atoms with Crippen molar-refractivity contribution in [1.29, 1.82) is 0 Å². The summed E-state index contributed by atoms with van der Waals surface area (Å²) in [5.41, 5.74) is 4.69. The third kappa shape index (κ3) is 4.07. The molecular weight excluding hydrogens is 392 g/mol. The van der Waals surface area contributed by atoms with Gasteiger partial charge in [-0.15, -0.1) is 0 Å². The molecular formula is C24H24N4O3. The lowest BCUT2D eigenvalue weighted by Gasteiger charge is -2.12. The topological polar surface area (TPSA) is 77.8 Å². The Labute approximate surface area is 180 Å². The monoisotopic (exact) mass is 416 g/mol. The van der Waals surface area contributed by atoms with Crippen LogP contribution in [-0.4, -0.2) is 34.2 Å². The number of para-hydroxylation sites is 1. The van der Waals surface area contributed by atoms with Gasteiger partial charge in [0.2, 0.25) is 0 Å². The maximum Gasteiger partial charge on any atom is 0.254 e. The summed E-state index contributed by atoms with van der Waals surface area (Å²) in [7, 11) is 1.64. The molecule has 31 heavy (non-hydrogen) atoms. The smallest absolute Gasteiger partial charge is 0.254 e. The minimum Gasteiger partial charge on any atom is -0.497 e. The van der Waals surface area contributed by atoms with E-state index in [9.17, 15) is 4.79 Å². The predicted molar refractivity (Wildman–Crippen MR) is 118 cm³/mol. The highest BCUT2D eigenvalue weighted by Gasteiger charge is 2.16. The summed E-state index contributed by atoms with van der Waals surface area (Å²) in [6.45, 7) is 4.73. The molecule has 0 atom stereocenters. The largest absolute Gasteiger partial charge is 0.497 e. The van der Waals surface area contributed by atoms with Gasteiger partial charge in [-0.1, -0.05) is 30.3 Å². The number of nitrogens with one attached hydrogen (secondary N) is 1. The molecule has 158 valence electrons. The van der Waals surface area contributed by atoms with Crippen molar-refractivity contribution < 1.29 is 14.3 Å². The highest BCUT2D eigenvalue weighted by molar-refractivity contribution is 5.95. The molecule has 2 heterocycles. The van der Waals surface area contributed by atoms with Crippen LogP contribution in [0.5, 0.6) is 11.5 Å². The first-order valence-electron chi connectivity index (χ1n) is 10.1. The number of carbonyl (C=O) groups is 1. The van der Waals surface area contributed by atoms with Crippen LogP contribution in [0.3, 0.4) is 0 Å². The molecule has 0 radical (unpaired) electrons. The number of aromatic nitrogens is 3. The van der Waals surface area contributed by atoms with E-state index in [2.05, 4.69) is 15.4 Å². The highest BCUT2D eigenvalue weighted by atomic mass is 16.5. The van der Waals surface area contributed by atoms with E-state index in [4.69, 9.17) is 9.47 Å². The summed E-state index contributed by atoms with van der Waals surface area (Å²) >= 11 is 0. The first-order chi connectivity index (χ1) is 15.1. The molecule has 2 aromatic carbocycles. The number of nitrogens with zero attached hydrogens (tertiary/aromatic N) is 3. The molecule has 2 aromatic heterocycles. The van der Waals surface area contributed by atoms with Crippen molar-refractivity contribution >= 4 is 11.6 Å². The standard InChI is InChI=1S/C24H24N4O3/c1-4-31-22-8-6-5-7-18(22)13-26-24(29)20-14-25-23-21(15-27-28(23)16(20)2)17-9-11-19(30-3)12-10-17/h5-12,14-15H,4,13H2,1-3H3,(H,26,29). The van der Waals surface area contributed by atoms with Crippen molar-refractivity contribution in [3.63, 3.8) is 0 Å². The van der Waals surface area contributed by atoms with Crippen LogP contribution in [0.2, 0.25) is 0 Å². The summed E-state index contributed by atoms with van der Waals surface area (Å²) in [6, 6.07) is 15.4. The second-order valence-electron chi connectivity index (χ2n) is 7.00. The van der Waals surface area contributed by atoms with Gasteiger partial charge in [-0.2, -0.15) is 5.10 Å². The van der Waals surface area contributed by atoms with Crippen molar-refractivity contribution in [1.82, 2.24) is 19.9 Å². The second-order valence-corrected chi connectivity index (χ2v) is 7.00. The van der Waals surface area contributed by atoms with Gasteiger partial charge in [-0.05, 0) is 37.6 Å². The first kappa shape index (κ1) is 20.4. The lowest BCUT2D eigenvalue weighted by molar-refractivity contribution is 0.0949. The molecule has 1 N–H and O–H groups in total. The van der Waals surface area contributed by atoms with Gasteiger partial charge in [-0.3, -0.25) is 4.79 Å². The first-order valence-corrected chi connectivity index (χ1v) is 10.1. The Morgan fingerprint density at radius 2 is 1.87 bits per heavy atom. The van der Waals surface area contributed by atoms with Crippen LogP contribution in [0.15, 0.2) is 60.9 Å². The molecule has 0 saturated carbocycles. The number of carbonyl (C=O) groups excluding carboxylic acids is 1. The summed E-state index contributed by atoms with van der Waals surface area (Å²) in [5, 5.41) is 7.42. The summed E-state index contributed by atoms with van der Waals surface area (Å²) in [4.78, 5) is 17.4. The average molecular weight is 416 g/mol. The summed E-state index contributed by atoms with van der Waals surface area (Å²) < 4.78 is 12.5. The van der Waals surface area contributed by atoms with Crippen LogP contribution in [0, 0.1) is 6.92 Å². The molecule has 0 unspecified atom stereocenters. The molecule has 7 heteroatoms. The normalized spacial score (nSPS) is 10.8. The molecule has 4 aromatic rings. The molecule has 7 nitrogen and oxygen atoms in total. The van der Waals surface area contributed by atoms with Gasteiger partial charge in [0.15, 0.2) is 5.65 Å². The van der Waals surface area contributed by atoms with Gasteiger partial charge < -0.3 is 14.8 Å². The Morgan fingerprint density at radius 3 is 2.61 bits per heavy atom. The van der Waals surface area contributed by atoms with E-state index >= 15 is 0 Å². The number of rotatable bonds is 7. The summed E-state index contributed by atoms with van der Waals surface area (Å²) in [5.74, 6) is 1.35. The average Bonchev–Trinajstić information content (AvgIpc) is 3.24. The second kappa shape index (κ2) is 8.87. The fraction of sp³-hybridized carbons (Fsp3) is 0.208. The minimum absolute atomic E-state index is 0.209. The molecule has 0 spiro atoms. The Morgan fingerprint density at radius 1 is 1.10 bits per heavy atom.